The van der Waals surface area contributed by atoms with E-state index in [1.54, 1.807) is 7.11 Å². The lowest BCUT2D eigenvalue weighted by molar-refractivity contribution is 0.0617. The monoisotopic (exact) mass is 302 g/mol. The number of hydrogen-bond donors (Lipinski definition) is 2. The first-order valence-corrected chi connectivity index (χ1v) is 8.22. The molecular formula is C18H26N2O2. The standard InChI is InChI=1S/C18H26N2O2/c1-13-11-19-18-16(13)9-14(12-22-8-7-21-2)10-17(18)20-15-5-3-4-6-15/h9-11,15,19-20H,3-8,12H2,1-2H3. The Morgan fingerprint density at radius 1 is 1.23 bits per heavy atom. The Labute approximate surface area is 132 Å². The molecule has 1 fully saturated rings. The van der Waals surface area contributed by atoms with Crippen LogP contribution in [0, 0.1) is 6.92 Å². The third kappa shape index (κ3) is 3.45. The van der Waals surface area contributed by atoms with Crippen LogP contribution in [0.3, 0.4) is 0 Å². The van der Waals surface area contributed by atoms with Crippen LogP contribution in [0.5, 0.6) is 0 Å². The zero-order valence-corrected chi connectivity index (χ0v) is 13.6. The van der Waals surface area contributed by atoms with Gasteiger partial charge in [0.05, 0.1) is 31.0 Å². The Hall–Kier alpha value is -1.52. The smallest absolute Gasteiger partial charge is 0.0719 e. The summed E-state index contributed by atoms with van der Waals surface area (Å²) in [6, 6.07) is 5.06. The Bertz CT molecular complexity index is 615. The quantitative estimate of drug-likeness (QED) is 0.760. The Morgan fingerprint density at radius 2 is 2.05 bits per heavy atom. The first-order chi connectivity index (χ1) is 10.8. The van der Waals surface area contributed by atoms with Gasteiger partial charge in [-0.1, -0.05) is 12.8 Å². The lowest BCUT2D eigenvalue weighted by atomic mass is 10.1. The average molecular weight is 302 g/mol. The minimum atomic E-state index is 0.608. The summed E-state index contributed by atoms with van der Waals surface area (Å²) in [5.74, 6) is 0. The summed E-state index contributed by atoms with van der Waals surface area (Å²) in [6.07, 6.45) is 7.31. The first-order valence-electron chi connectivity index (χ1n) is 8.22. The number of ether oxygens (including phenoxy) is 2. The SMILES string of the molecule is COCCOCc1cc(NC2CCCC2)c2[nH]cc(C)c2c1. The highest BCUT2D eigenvalue weighted by molar-refractivity contribution is 5.94. The van der Waals surface area contributed by atoms with Gasteiger partial charge >= 0.3 is 0 Å². The van der Waals surface area contributed by atoms with Crippen LogP contribution in [0.15, 0.2) is 18.3 Å². The van der Waals surface area contributed by atoms with Crippen LogP contribution in [0.25, 0.3) is 10.9 Å². The molecule has 0 spiro atoms. The van der Waals surface area contributed by atoms with Crippen molar-refractivity contribution in [3.8, 4) is 0 Å². The molecule has 0 atom stereocenters. The molecule has 4 nitrogen and oxygen atoms in total. The van der Waals surface area contributed by atoms with E-state index < -0.39 is 0 Å². The van der Waals surface area contributed by atoms with Crippen molar-refractivity contribution in [1.82, 2.24) is 4.98 Å². The van der Waals surface area contributed by atoms with E-state index in [1.165, 1.54) is 53.4 Å². The fourth-order valence-electron chi connectivity index (χ4n) is 3.25. The lowest BCUT2D eigenvalue weighted by Crippen LogP contribution is -2.15. The molecule has 120 valence electrons. The van der Waals surface area contributed by atoms with Crippen molar-refractivity contribution in [2.24, 2.45) is 0 Å². The number of methoxy groups -OCH3 is 1. The second kappa shape index (κ2) is 7.16. The van der Waals surface area contributed by atoms with Crippen molar-refractivity contribution < 1.29 is 9.47 Å². The van der Waals surface area contributed by atoms with E-state index in [4.69, 9.17) is 9.47 Å². The maximum Gasteiger partial charge on any atom is 0.0719 e. The van der Waals surface area contributed by atoms with E-state index in [9.17, 15) is 0 Å². The summed E-state index contributed by atoms with van der Waals surface area (Å²) < 4.78 is 10.7. The molecule has 2 N–H and O–H groups in total. The molecule has 0 amide bonds. The topological polar surface area (TPSA) is 46.3 Å². The molecule has 1 aliphatic rings. The Balaban J connectivity index is 1.80. The van der Waals surface area contributed by atoms with Crippen molar-refractivity contribution >= 4 is 16.6 Å². The fourth-order valence-corrected chi connectivity index (χ4v) is 3.25. The molecule has 4 heteroatoms. The molecule has 0 radical (unpaired) electrons. The minimum Gasteiger partial charge on any atom is -0.382 e. The summed E-state index contributed by atoms with van der Waals surface area (Å²) in [6.45, 7) is 4.04. The number of aryl methyl sites for hydroxylation is 1. The molecule has 0 aliphatic heterocycles. The van der Waals surface area contributed by atoms with Gasteiger partial charge in [-0.25, -0.2) is 0 Å². The van der Waals surface area contributed by atoms with Crippen LogP contribution >= 0.6 is 0 Å². The van der Waals surface area contributed by atoms with Gasteiger partial charge in [0.1, 0.15) is 0 Å². The first kappa shape index (κ1) is 15.4. The van der Waals surface area contributed by atoms with E-state index in [0.717, 1.165) is 0 Å². The number of aromatic amines is 1. The molecular weight excluding hydrogens is 276 g/mol. The number of anilines is 1. The molecule has 2 aromatic rings. The molecule has 0 bridgehead atoms. The second-order valence-electron chi connectivity index (χ2n) is 6.21. The van der Waals surface area contributed by atoms with E-state index in [-0.39, 0.29) is 0 Å². The van der Waals surface area contributed by atoms with Gasteiger partial charge in [-0.15, -0.1) is 0 Å². The number of hydrogen-bond acceptors (Lipinski definition) is 3. The van der Waals surface area contributed by atoms with E-state index in [1.807, 2.05) is 0 Å². The molecule has 1 aliphatic carbocycles. The number of aromatic nitrogens is 1. The molecule has 1 aromatic heterocycles. The van der Waals surface area contributed by atoms with Gasteiger partial charge in [0.15, 0.2) is 0 Å². The van der Waals surface area contributed by atoms with Gasteiger partial charge in [0, 0.05) is 24.7 Å². The number of benzene rings is 1. The summed E-state index contributed by atoms with van der Waals surface area (Å²) in [7, 11) is 1.70. The van der Waals surface area contributed by atoms with Crippen LogP contribution in [0.2, 0.25) is 0 Å². The molecule has 3 rings (SSSR count). The van der Waals surface area contributed by atoms with Gasteiger partial charge in [0.2, 0.25) is 0 Å². The third-order valence-corrected chi connectivity index (χ3v) is 4.47. The van der Waals surface area contributed by atoms with Crippen LogP contribution in [-0.4, -0.2) is 31.3 Å². The predicted molar refractivity (Wildman–Crippen MR) is 90.4 cm³/mol. The summed E-state index contributed by atoms with van der Waals surface area (Å²) in [5, 5.41) is 5.01. The normalized spacial score (nSPS) is 15.7. The largest absolute Gasteiger partial charge is 0.382 e. The maximum absolute atomic E-state index is 5.69. The zero-order valence-electron chi connectivity index (χ0n) is 13.6. The van der Waals surface area contributed by atoms with Gasteiger partial charge in [-0.3, -0.25) is 0 Å². The van der Waals surface area contributed by atoms with Gasteiger partial charge < -0.3 is 19.8 Å². The van der Waals surface area contributed by atoms with Crippen molar-refractivity contribution in [2.75, 3.05) is 25.6 Å². The van der Waals surface area contributed by atoms with Gasteiger partial charge in [-0.2, -0.15) is 0 Å². The van der Waals surface area contributed by atoms with Crippen molar-refractivity contribution in [3.05, 3.63) is 29.5 Å². The number of H-pyrrole nitrogens is 1. The highest BCUT2D eigenvalue weighted by Crippen LogP contribution is 2.30. The van der Waals surface area contributed by atoms with Crippen LogP contribution in [-0.2, 0) is 16.1 Å². The minimum absolute atomic E-state index is 0.608. The molecule has 1 saturated carbocycles. The maximum atomic E-state index is 5.69. The molecule has 1 heterocycles. The van der Waals surface area contributed by atoms with Gasteiger partial charge in [0.25, 0.3) is 0 Å². The van der Waals surface area contributed by atoms with Crippen molar-refractivity contribution in [2.45, 2.75) is 45.3 Å². The van der Waals surface area contributed by atoms with Crippen molar-refractivity contribution in [1.29, 1.82) is 0 Å². The zero-order chi connectivity index (χ0) is 15.4. The summed E-state index contributed by atoms with van der Waals surface area (Å²) in [5.41, 5.74) is 4.92. The van der Waals surface area contributed by atoms with Crippen molar-refractivity contribution in [3.63, 3.8) is 0 Å². The third-order valence-electron chi connectivity index (χ3n) is 4.47. The highest BCUT2D eigenvalue weighted by Gasteiger charge is 2.17. The van der Waals surface area contributed by atoms with E-state index in [2.05, 4.69) is 35.6 Å². The Morgan fingerprint density at radius 3 is 2.82 bits per heavy atom. The second-order valence-corrected chi connectivity index (χ2v) is 6.21. The van der Waals surface area contributed by atoms with E-state index >= 15 is 0 Å². The summed E-state index contributed by atoms with van der Waals surface area (Å²) >= 11 is 0. The lowest BCUT2D eigenvalue weighted by Gasteiger charge is -2.16. The predicted octanol–water partition coefficient (Wildman–Crippen LogP) is 3.99. The van der Waals surface area contributed by atoms with E-state index in [0.29, 0.717) is 25.9 Å². The van der Waals surface area contributed by atoms with Crippen LogP contribution < -0.4 is 5.32 Å². The summed E-state index contributed by atoms with van der Waals surface area (Å²) in [4.78, 5) is 3.41. The highest BCUT2D eigenvalue weighted by atomic mass is 16.5. The average Bonchev–Trinajstić information content (AvgIpc) is 3.15. The Kier molecular flexibility index (Phi) is 5.01. The van der Waals surface area contributed by atoms with Crippen LogP contribution in [0.4, 0.5) is 5.69 Å². The molecule has 0 saturated heterocycles. The van der Waals surface area contributed by atoms with Crippen LogP contribution in [0.1, 0.15) is 36.8 Å². The molecule has 1 aromatic carbocycles. The fraction of sp³-hybridized carbons (Fsp3) is 0.556. The molecule has 0 unspecified atom stereocenters. The van der Waals surface area contributed by atoms with Gasteiger partial charge in [-0.05, 0) is 43.0 Å². The number of rotatable bonds is 7. The number of fused-ring (bicyclic) bond motifs is 1. The number of nitrogens with one attached hydrogen (secondary N) is 2. The molecule has 22 heavy (non-hydrogen) atoms.